The molecule has 0 aliphatic heterocycles. The first kappa shape index (κ1) is 20.4. The average molecular weight is 440 g/mol. The number of ether oxygens (including phenoxy) is 2. The van der Waals surface area contributed by atoms with Gasteiger partial charge in [0.05, 0.1) is 18.0 Å². The number of aryl methyl sites for hydroxylation is 1. The van der Waals surface area contributed by atoms with Crippen molar-refractivity contribution >= 4 is 39.5 Å². The summed E-state index contributed by atoms with van der Waals surface area (Å²) in [5, 5.41) is 10.9. The topological polar surface area (TPSA) is 87.7 Å². The molecule has 33 heavy (non-hydrogen) atoms. The Bertz CT molecular complexity index is 1610. The van der Waals surface area contributed by atoms with E-state index in [9.17, 15) is 9.59 Å². The molecule has 0 bridgehead atoms. The zero-order valence-corrected chi connectivity index (χ0v) is 18.1. The molecular formula is C25H20N4O4. The second kappa shape index (κ2) is 8.23. The van der Waals surface area contributed by atoms with Crippen LogP contribution in [0, 0.1) is 0 Å². The van der Waals surface area contributed by atoms with E-state index in [1.165, 1.54) is 10.6 Å². The Morgan fingerprint density at radius 1 is 1.03 bits per heavy atom. The van der Waals surface area contributed by atoms with Crippen LogP contribution in [0.15, 0.2) is 71.5 Å². The van der Waals surface area contributed by atoms with Gasteiger partial charge < -0.3 is 9.47 Å². The standard InChI is InChI=1S/C25H20N4O4/c1-28-24(31)20-5-3-4-6-21(20)29-22(26-27-25(28)29)15-33-23(30)12-8-16-7-9-18-14-19(32-2)11-10-17(18)13-16/h3-14H,15H2,1-2H3/b12-8+. The van der Waals surface area contributed by atoms with Gasteiger partial charge in [0.15, 0.2) is 12.4 Å². The third-order valence-electron chi connectivity index (χ3n) is 5.52. The van der Waals surface area contributed by atoms with Crippen molar-refractivity contribution in [2.24, 2.45) is 7.05 Å². The minimum atomic E-state index is -0.504. The van der Waals surface area contributed by atoms with Gasteiger partial charge in [0, 0.05) is 13.1 Å². The maximum Gasteiger partial charge on any atom is 0.331 e. The Kier molecular flexibility index (Phi) is 5.10. The molecule has 3 aromatic carbocycles. The van der Waals surface area contributed by atoms with Crippen LogP contribution in [0.2, 0.25) is 0 Å². The quantitative estimate of drug-likeness (QED) is 0.307. The summed E-state index contributed by atoms with van der Waals surface area (Å²) in [6.07, 6.45) is 3.08. The molecule has 0 aliphatic carbocycles. The Morgan fingerprint density at radius 3 is 2.67 bits per heavy atom. The normalized spacial score (nSPS) is 11.6. The van der Waals surface area contributed by atoms with Gasteiger partial charge in [-0.2, -0.15) is 0 Å². The lowest BCUT2D eigenvalue weighted by Gasteiger charge is -2.07. The van der Waals surface area contributed by atoms with Crippen molar-refractivity contribution in [3.63, 3.8) is 0 Å². The number of aromatic nitrogens is 4. The fraction of sp³-hybridized carbons (Fsp3) is 0.120. The number of hydrogen-bond donors (Lipinski definition) is 0. The van der Waals surface area contributed by atoms with Crippen LogP contribution in [-0.2, 0) is 23.2 Å². The highest BCUT2D eigenvalue weighted by Crippen LogP contribution is 2.22. The van der Waals surface area contributed by atoms with E-state index in [1.54, 1.807) is 36.8 Å². The van der Waals surface area contributed by atoms with E-state index in [1.807, 2.05) is 48.5 Å². The van der Waals surface area contributed by atoms with Crippen molar-refractivity contribution in [2.75, 3.05) is 7.11 Å². The number of nitrogens with zero attached hydrogens (tertiary/aromatic N) is 4. The first-order valence-corrected chi connectivity index (χ1v) is 10.3. The van der Waals surface area contributed by atoms with E-state index >= 15 is 0 Å². The smallest absolute Gasteiger partial charge is 0.331 e. The van der Waals surface area contributed by atoms with Crippen molar-refractivity contribution < 1.29 is 14.3 Å². The summed E-state index contributed by atoms with van der Waals surface area (Å²) in [6.45, 7) is -0.0793. The van der Waals surface area contributed by atoms with Gasteiger partial charge in [-0.05, 0) is 52.7 Å². The minimum Gasteiger partial charge on any atom is -0.497 e. The lowest BCUT2D eigenvalue weighted by Crippen LogP contribution is -2.20. The largest absolute Gasteiger partial charge is 0.497 e. The molecule has 0 aliphatic rings. The van der Waals surface area contributed by atoms with Crippen LogP contribution in [-0.4, -0.2) is 32.2 Å². The number of carbonyl (C=O) groups is 1. The zero-order chi connectivity index (χ0) is 22.9. The van der Waals surface area contributed by atoms with Crippen molar-refractivity contribution in [3.8, 4) is 5.75 Å². The first-order valence-electron chi connectivity index (χ1n) is 10.3. The first-order chi connectivity index (χ1) is 16.0. The lowest BCUT2D eigenvalue weighted by molar-refractivity contribution is -0.139. The predicted molar refractivity (Wildman–Crippen MR) is 125 cm³/mol. The molecule has 0 unspecified atom stereocenters. The molecular weight excluding hydrogens is 420 g/mol. The van der Waals surface area contributed by atoms with Gasteiger partial charge in [-0.3, -0.25) is 13.8 Å². The number of fused-ring (bicyclic) bond motifs is 4. The Hall–Kier alpha value is -4.46. The summed E-state index contributed by atoms with van der Waals surface area (Å²) in [5.41, 5.74) is 1.37. The second-order valence-electron chi connectivity index (χ2n) is 7.55. The number of benzene rings is 3. The van der Waals surface area contributed by atoms with E-state index in [0.29, 0.717) is 22.5 Å². The van der Waals surface area contributed by atoms with Crippen LogP contribution < -0.4 is 10.3 Å². The zero-order valence-electron chi connectivity index (χ0n) is 18.1. The highest BCUT2D eigenvalue weighted by atomic mass is 16.5. The van der Waals surface area contributed by atoms with Gasteiger partial charge in [0.2, 0.25) is 5.78 Å². The summed E-state index contributed by atoms with van der Waals surface area (Å²) in [4.78, 5) is 24.9. The fourth-order valence-electron chi connectivity index (χ4n) is 3.81. The number of para-hydroxylation sites is 1. The van der Waals surface area contributed by atoms with Crippen molar-refractivity contribution in [1.29, 1.82) is 0 Å². The molecule has 0 radical (unpaired) electrons. The van der Waals surface area contributed by atoms with Crippen molar-refractivity contribution in [1.82, 2.24) is 19.2 Å². The number of hydrogen-bond acceptors (Lipinski definition) is 6. The number of esters is 1. The molecule has 8 heteroatoms. The molecule has 2 heterocycles. The van der Waals surface area contributed by atoms with E-state index in [-0.39, 0.29) is 12.2 Å². The number of rotatable bonds is 5. The predicted octanol–water partition coefficient (Wildman–Crippen LogP) is 3.50. The lowest BCUT2D eigenvalue weighted by atomic mass is 10.1. The van der Waals surface area contributed by atoms with Crippen LogP contribution in [0.3, 0.4) is 0 Å². The highest BCUT2D eigenvalue weighted by Gasteiger charge is 2.15. The molecule has 8 nitrogen and oxygen atoms in total. The van der Waals surface area contributed by atoms with Gasteiger partial charge in [-0.1, -0.05) is 30.3 Å². The van der Waals surface area contributed by atoms with Crippen molar-refractivity contribution in [3.05, 3.63) is 88.5 Å². The van der Waals surface area contributed by atoms with Crippen LogP contribution >= 0.6 is 0 Å². The Labute approximate surface area is 188 Å². The SMILES string of the molecule is COc1ccc2cc(/C=C/C(=O)OCc3nnc4n(C)c(=O)c5ccccc5n34)ccc2c1. The molecule has 5 aromatic rings. The summed E-state index contributed by atoms with van der Waals surface area (Å²) in [7, 11) is 3.27. The third kappa shape index (κ3) is 3.71. The summed E-state index contributed by atoms with van der Waals surface area (Å²) in [5.74, 6) is 1.10. The second-order valence-corrected chi connectivity index (χ2v) is 7.55. The third-order valence-corrected chi connectivity index (χ3v) is 5.52. The monoisotopic (exact) mass is 440 g/mol. The Balaban J connectivity index is 1.36. The van der Waals surface area contributed by atoms with E-state index < -0.39 is 5.97 Å². The van der Waals surface area contributed by atoms with Crippen LogP contribution in [0.25, 0.3) is 33.5 Å². The van der Waals surface area contributed by atoms with E-state index in [4.69, 9.17) is 9.47 Å². The van der Waals surface area contributed by atoms with Gasteiger partial charge in [0.1, 0.15) is 5.75 Å². The molecule has 5 rings (SSSR count). The van der Waals surface area contributed by atoms with Crippen LogP contribution in [0.5, 0.6) is 5.75 Å². The molecule has 0 N–H and O–H groups in total. The maximum atomic E-state index is 12.5. The van der Waals surface area contributed by atoms with Gasteiger partial charge in [-0.25, -0.2) is 4.79 Å². The van der Waals surface area contributed by atoms with Crippen molar-refractivity contribution in [2.45, 2.75) is 6.61 Å². The molecule has 0 saturated heterocycles. The van der Waals surface area contributed by atoms with E-state index in [2.05, 4.69) is 10.2 Å². The summed E-state index contributed by atoms with van der Waals surface area (Å²) >= 11 is 0. The van der Waals surface area contributed by atoms with Gasteiger partial charge in [-0.15, -0.1) is 10.2 Å². The van der Waals surface area contributed by atoms with Gasteiger partial charge >= 0.3 is 5.97 Å². The van der Waals surface area contributed by atoms with Crippen LogP contribution in [0.4, 0.5) is 0 Å². The Morgan fingerprint density at radius 2 is 1.82 bits per heavy atom. The molecule has 0 saturated carbocycles. The molecule has 164 valence electrons. The minimum absolute atomic E-state index is 0.0793. The maximum absolute atomic E-state index is 12.5. The molecule has 0 fully saturated rings. The summed E-state index contributed by atoms with van der Waals surface area (Å²) < 4.78 is 13.8. The summed E-state index contributed by atoms with van der Waals surface area (Å²) in [6, 6.07) is 18.9. The molecule has 0 spiro atoms. The van der Waals surface area contributed by atoms with Gasteiger partial charge in [0.25, 0.3) is 5.56 Å². The number of methoxy groups -OCH3 is 1. The number of carbonyl (C=O) groups excluding carboxylic acids is 1. The highest BCUT2D eigenvalue weighted by molar-refractivity contribution is 5.90. The molecule has 0 amide bonds. The molecule has 2 aromatic heterocycles. The van der Waals surface area contributed by atoms with E-state index in [0.717, 1.165) is 22.1 Å². The average Bonchev–Trinajstić information content (AvgIpc) is 3.28. The van der Waals surface area contributed by atoms with Crippen LogP contribution in [0.1, 0.15) is 11.4 Å². The fourth-order valence-corrected chi connectivity index (χ4v) is 3.81. The molecule has 0 atom stereocenters.